The lowest BCUT2D eigenvalue weighted by Crippen LogP contribution is -2.22. The maximum absolute atomic E-state index is 5.19. The Kier molecular flexibility index (Phi) is 2.94. The highest BCUT2D eigenvalue weighted by Crippen LogP contribution is 2.35. The van der Waals surface area contributed by atoms with Crippen LogP contribution in [0.4, 0.5) is 0 Å². The first kappa shape index (κ1) is 10.9. The summed E-state index contributed by atoms with van der Waals surface area (Å²) in [5, 5.41) is 5.98. The SMILES string of the molecule is Cc1noc(CN2CCCC2c2cccs2)n1. The first-order valence-corrected chi connectivity index (χ1v) is 6.77. The van der Waals surface area contributed by atoms with Crippen molar-refractivity contribution < 1.29 is 4.52 Å². The van der Waals surface area contributed by atoms with Crippen molar-refractivity contribution in [3.8, 4) is 0 Å². The van der Waals surface area contributed by atoms with Gasteiger partial charge in [0.25, 0.3) is 0 Å². The first-order valence-electron chi connectivity index (χ1n) is 5.89. The van der Waals surface area contributed by atoms with E-state index in [0.29, 0.717) is 11.9 Å². The van der Waals surface area contributed by atoms with E-state index in [1.165, 1.54) is 17.7 Å². The van der Waals surface area contributed by atoms with Crippen molar-refractivity contribution in [2.45, 2.75) is 32.4 Å². The Hall–Kier alpha value is -1.20. The molecule has 4 nitrogen and oxygen atoms in total. The number of aromatic nitrogens is 2. The zero-order chi connectivity index (χ0) is 11.7. The van der Waals surface area contributed by atoms with Gasteiger partial charge in [-0.2, -0.15) is 4.98 Å². The van der Waals surface area contributed by atoms with Gasteiger partial charge in [0.1, 0.15) is 0 Å². The van der Waals surface area contributed by atoms with Crippen molar-refractivity contribution in [1.29, 1.82) is 0 Å². The summed E-state index contributed by atoms with van der Waals surface area (Å²) < 4.78 is 5.19. The number of thiophene rings is 1. The Morgan fingerprint density at radius 1 is 1.59 bits per heavy atom. The normalized spacial score (nSPS) is 21.1. The van der Waals surface area contributed by atoms with E-state index >= 15 is 0 Å². The Labute approximate surface area is 104 Å². The van der Waals surface area contributed by atoms with E-state index in [4.69, 9.17) is 4.52 Å². The van der Waals surface area contributed by atoms with Gasteiger partial charge in [0.2, 0.25) is 5.89 Å². The average molecular weight is 249 g/mol. The molecule has 1 atom stereocenters. The molecule has 17 heavy (non-hydrogen) atoms. The molecule has 90 valence electrons. The highest BCUT2D eigenvalue weighted by atomic mass is 32.1. The lowest BCUT2D eigenvalue weighted by atomic mass is 10.2. The highest BCUT2D eigenvalue weighted by Gasteiger charge is 2.27. The van der Waals surface area contributed by atoms with Gasteiger partial charge in [-0.15, -0.1) is 11.3 Å². The van der Waals surface area contributed by atoms with E-state index in [2.05, 4.69) is 32.6 Å². The van der Waals surface area contributed by atoms with Crippen molar-refractivity contribution in [1.82, 2.24) is 15.0 Å². The van der Waals surface area contributed by atoms with Crippen LogP contribution in [0.15, 0.2) is 22.0 Å². The molecule has 5 heteroatoms. The molecule has 0 radical (unpaired) electrons. The van der Waals surface area contributed by atoms with E-state index in [0.717, 1.165) is 19.0 Å². The maximum atomic E-state index is 5.19. The first-order chi connectivity index (χ1) is 8.33. The van der Waals surface area contributed by atoms with Gasteiger partial charge in [-0.3, -0.25) is 4.90 Å². The molecule has 1 unspecified atom stereocenters. The second kappa shape index (κ2) is 4.58. The van der Waals surface area contributed by atoms with Crippen LogP contribution < -0.4 is 0 Å². The van der Waals surface area contributed by atoms with Gasteiger partial charge in [-0.1, -0.05) is 11.2 Å². The Bertz CT molecular complexity index is 480. The van der Waals surface area contributed by atoms with Gasteiger partial charge >= 0.3 is 0 Å². The summed E-state index contributed by atoms with van der Waals surface area (Å²) >= 11 is 1.83. The highest BCUT2D eigenvalue weighted by molar-refractivity contribution is 7.10. The van der Waals surface area contributed by atoms with Crippen molar-refractivity contribution in [2.75, 3.05) is 6.54 Å². The van der Waals surface area contributed by atoms with Crippen LogP contribution in [0.2, 0.25) is 0 Å². The van der Waals surface area contributed by atoms with E-state index < -0.39 is 0 Å². The van der Waals surface area contributed by atoms with Crippen LogP contribution in [0, 0.1) is 6.92 Å². The minimum absolute atomic E-state index is 0.530. The van der Waals surface area contributed by atoms with E-state index in [1.807, 2.05) is 18.3 Å². The Morgan fingerprint density at radius 2 is 2.53 bits per heavy atom. The topological polar surface area (TPSA) is 42.2 Å². The molecule has 3 rings (SSSR count). The average Bonchev–Trinajstić information content (AvgIpc) is 3.00. The minimum Gasteiger partial charge on any atom is -0.338 e. The number of hydrogen-bond acceptors (Lipinski definition) is 5. The predicted octanol–water partition coefficient (Wildman–Crippen LogP) is 2.78. The molecule has 0 spiro atoms. The molecule has 0 N–H and O–H groups in total. The van der Waals surface area contributed by atoms with Crippen LogP contribution in [0.1, 0.15) is 35.5 Å². The summed E-state index contributed by atoms with van der Waals surface area (Å²) in [5.41, 5.74) is 0. The second-order valence-corrected chi connectivity index (χ2v) is 5.36. The van der Waals surface area contributed by atoms with E-state index in [1.54, 1.807) is 0 Å². The lowest BCUT2D eigenvalue weighted by molar-refractivity contribution is 0.214. The lowest BCUT2D eigenvalue weighted by Gasteiger charge is -2.21. The zero-order valence-electron chi connectivity index (χ0n) is 9.80. The monoisotopic (exact) mass is 249 g/mol. The number of nitrogens with zero attached hydrogens (tertiary/aromatic N) is 3. The number of hydrogen-bond donors (Lipinski definition) is 0. The fourth-order valence-corrected chi connectivity index (χ4v) is 3.29. The number of rotatable bonds is 3. The summed E-state index contributed by atoms with van der Waals surface area (Å²) in [4.78, 5) is 8.15. The molecule has 1 aliphatic heterocycles. The van der Waals surface area contributed by atoms with Crippen LogP contribution in [-0.4, -0.2) is 21.6 Å². The van der Waals surface area contributed by atoms with Crippen LogP contribution >= 0.6 is 11.3 Å². The molecule has 3 heterocycles. The molecule has 1 saturated heterocycles. The second-order valence-electron chi connectivity index (χ2n) is 4.38. The number of aryl methyl sites for hydroxylation is 1. The molecule has 1 fully saturated rings. The van der Waals surface area contributed by atoms with Crippen LogP contribution in [0.25, 0.3) is 0 Å². The van der Waals surface area contributed by atoms with Gasteiger partial charge < -0.3 is 4.52 Å². The fourth-order valence-electron chi connectivity index (χ4n) is 2.40. The molecule has 0 saturated carbocycles. The third-order valence-electron chi connectivity index (χ3n) is 3.14. The number of likely N-dealkylation sites (tertiary alicyclic amines) is 1. The van der Waals surface area contributed by atoms with Crippen molar-refractivity contribution >= 4 is 11.3 Å². The summed E-state index contributed by atoms with van der Waals surface area (Å²) in [6.45, 7) is 3.74. The van der Waals surface area contributed by atoms with Gasteiger partial charge in [-0.25, -0.2) is 0 Å². The standard InChI is InChI=1S/C12H15N3OS/c1-9-13-12(16-14-9)8-15-6-2-4-10(15)11-5-3-7-17-11/h3,5,7,10H,2,4,6,8H2,1H3. The minimum atomic E-state index is 0.530. The third kappa shape index (κ3) is 2.25. The van der Waals surface area contributed by atoms with Crippen molar-refractivity contribution in [3.63, 3.8) is 0 Å². The summed E-state index contributed by atoms with van der Waals surface area (Å²) in [7, 11) is 0. The quantitative estimate of drug-likeness (QED) is 0.839. The van der Waals surface area contributed by atoms with Gasteiger partial charge in [0, 0.05) is 10.9 Å². The van der Waals surface area contributed by atoms with Crippen LogP contribution in [0.5, 0.6) is 0 Å². The fraction of sp³-hybridized carbons (Fsp3) is 0.500. The predicted molar refractivity (Wildman–Crippen MR) is 65.7 cm³/mol. The summed E-state index contributed by atoms with van der Waals surface area (Å²) in [6, 6.07) is 4.86. The van der Waals surface area contributed by atoms with Crippen molar-refractivity contribution in [3.05, 3.63) is 34.1 Å². The van der Waals surface area contributed by atoms with Gasteiger partial charge in [0.15, 0.2) is 5.82 Å². The largest absolute Gasteiger partial charge is 0.338 e. The molecule has 0 amide bonds. The van der Waals surface area contributed by atoms with Crippen LogP contribution in [0.3, 0.4) is 0 Å². The van der Waals surface area contributed by atoms with Crippen LogP contribution in [-0.2, 0) is 6.54 Å². The molecule has 0 aliphatic carbocycles. The molecule has 0 bridgehead atoms. The Balaban J connectivity index is 1.74. The Morgan fingerprint density at radius 3 is 3.24 bits per heavy atom. The molecule has 0 aromatic carbocycles. The van der Waals surface area contributed by atoms with Crippen molar-refractivity contribution in [2.24, 2.45) is 0 Å². The molecule has 1 aliphatic rings. The van der Waals surface area contributed by atoms with E-state index in [-0.39, 0.29) is 0 Å². The van der Waals surface area contributed by atoms with Gasteiger partial charge in [-0.05, 0) is 37.8 Å². The van der Waals surface area contributed by atoms with Gasteiger partial charge in [0.05, 0.1) is 6.54 Å². The molecular formula is C12H15N3OS. The molecule has 2 aromatic rings. The van der Waals surface area contributed by atoms with E-state index in [9.17, 15) is 0 Å². The molecule has 2 aromatic heterocycles. The smallest absolute Gasteiger partial charge is 0.240 e. The summed E-state index contributed by atoms with van der Waals surface area (Å²) in [6.07, 6.45) is 2.48. The zero-order valence-corrected chi connectivity index (χ0v) is 10.6. The summed E-state index contributed by atoms with van der Waals surface area (Å²) in [5.74, 6) is 1.44. The maximum Gasteiger partial charge on any atom is 0.240 e. The third-order valence-corrected chi connectivity index (χ3v) is 4.12. The molecular weight excluding hydrogens is 234 g/mol.